The molecule has 2 rings (SSSR count). The first-order valence-corrected chi connectivity index (χ1v) is 5.57. The van der Waals surface area contributed by atoms with Gasteiger partial charge in [0.1, 0.15) is 0 Å². The molecule has 0 heterocycles. The zero-order valence-electron chi connectivity index (χ0n) is 9.71. The van der Waals surface area contributed by atoms with Gasteiger partial charge in [0.15, 0.2) is 0 Å². The Hall–Kier alpha value is -2.55. The Morgan fingerprint density at radius 3 is 2.44 bits per heavy atom. The first-order valence-electron chi connectivity index (χ1n) is 5.57. The number of hydrogen-bond acceptors (Lipinski definition) is 2. The van der Waals surface area contributed by atoms with Gasteiger partial charge in [-0.25, -0.2) is 4.79 Å². The Balaban J connectivity index is 2.15. The molecule has 0 bridgehead atoms. The highest BCUT2D eigenvalue weighted by atomic mass is 16.4. The van der Waals surface area contributed by atoms with Crippen molar-refractivity contribution < 1.29 is 9.90 Å². The Bertz CT molecular complexity index is 562. The van der Waals surface area contributed by atoms with Crippen LogP contribution in [0.3, 0.4) is 0 Å². The van der Waals surface area contributed by atoms with Crippen LogP contribution in [0.5, 0.6) is 0 Å². The van der Waals surface area contributed by atoms with Gasteiger partial charge in [-0.05, 0) is 35.9 Å². The summed E-state index contributed by atoms with van der Waals surface area (Å²) < 4.78 is 0. The van der Waals surface area contributed by atoms with Crippen LogP contribution in [0.25, 0.3) is 6.08 Å². The summed E-state index contributed by atoms with van der Waals surface area (Å²) in [6, 6.07) is 17.4. The average Bonchev–Trinajstić information content (AvgIpc) is 2.38. The second-order valence-electron chi connectivity index (χ2n) is 3.79. The lowest BCUT2D eigenvalue weighted by Crippen LogP contribution is -1.90. The van der Waals surface area contributed by atoms with Crippen molar-refractivity contribution in [1.82, 2.24) is 0 Å². The molecule has 0 saturated heterocycles. The van der Waals surface area contributed by atoms with E-state index in [9.17, 15) is 4.79 Å². The molecule has 3 heteroatoms. The van der Waals surface area contributed by atoms with Crippen molar-refractivity contribution in [3.05, 3.63) is 66.2 Å². The first kappa shape index (κ1) is 11.9. The molecule has 2 N–H and O–H groups in total. The van der Waals surface area contributed by atoms with Crippen molar-refractivity contribution in [3.8, 4) is 0 Å². The van der Waals surface area contributed by atoms with Crippen LogP contribution in [0.4, 0.5) is 11.4 Å². The normalized spacial score (nSPS) is 10.4. The Morgan fingerprint density at radius 1 is 1.00 bits per heavy atom. The molecule has 0 radical (unpaired) electrons. The first-order chi connectivity index (χ1) is 8.74. The quantitative estimate of drug-likeness (QED) is 0.802. The Kier molecular flexibility index (Phi) is 3.76. The fourth-order valence-corrected chi connectivity index (χ4v) is 1.58. The van der Waals surface area contributed by atoms with Crippen LogP contribution in [-0.2, 0) is 4.79 Å². The zero-order chi connectivity index (χ0) is 12.8. The molecule has 0 aliphatic heterocycles. The number of benzene rings is 2. The molecule has 0 aliphatic rings. The minimum atomic E-state index is -0.948. The molecule has 3 nitrogen and oxygen atoms in total. The number of carbonyl (C=O) groups is 1. The minimum Gasteiger partial charge on any atom is -0.478 e. The molecule has 0 fully saturated rings. The summed E-state index contributed by atoms with van der Waals surface area (Å²) >= 11 is 0. The van der Waals surface area contributed by atoms with Crippen molar-refractivity contribution in [3.63, 3.8) is 0 Å². The van der Waals surface area contributed by atoms with Crippen LogP contribution in [0.15, 0.2) is 60.7 Å². The van der Waals surface area contributed by atoms with Gasteiger partial charge < -0.3 is 10.4 Å². The summed E-state index contributed by atoms with van der Waals surface area (Å²) in [4.78, 5) is 10.4. The summed E-state index contributed by atoms with van der Waals surface area (Å²) in [5.41, 5.74) is 2.77. The molecule has 0 amide bonds. The molecule has 0 aliphatic carbocycles. The van der Waals surface area contributed by atoms with Crippen LogP contribution in [0.1, 0.15) is 5.56 Å². The fourth-order valence-electron chi connectivity index (χ4n) is 1.58. The average molecular weight is 239 g/mol. The highest BCUT2D eigenvalue weighted by molar-refractivity contribution is 5.85. The number of carboxylic acid groups (broad SMARTS) is 1. The molecule has 90 valence electrons. The molecule has 0 aromatic heterocycles. The van der Waals surface area contributed by atoms with Crippen LogP contribution >= 0.6 is 0 Å². The lowest BCUT2D eigenvalue weighted by molar-refractivity contribution is -0.131. The summed E-state index contributed by atoms with van der Waals surface area (Å²) in [5.74, 6) is -0.948. The number of nitrogens with one attached hydrogen (secondary N) is 1. The maximum Gasteiger partial charge on any atom is 0.328 e. The molecule has 2 aromatic carbocycles. The Morgan fingerprint density at radius 2 is 1.72 bits per heavy atom. The number of para-hydroxylation sites is 1. The van der Waals surface area contributed by atoms with Gasteiger partial charge in [0.2, 0.25) is 0 Å². The van der Waals surface area contributed by atoms with Crippen LogP contribution in [0.2, 0.25) is 0 Å². The van der Waals surface area contributed by atoms with E-state index in [0.717, 1.165) is 23.0 Å². The largest absolute Gasteiger partial charge is 0.478 e. The molecular weight excluding hydrogens is 226 g/mol. The predicted octanol–water partition coefficient (Wildman–Crippen LogP) is 3.53. The molecular formula is C15H13NO2. The Labute approximate surface area is 105 Å². The van der Waals surface area contributed by atoms with E-state index < -0.39 is 5.97 Å². The van der Waals surface area contributed by atoms with Gasteiger partial charge in [0, 0.05) is 17.5 Å². The van der Waals surface area contributed by atoms with E-state index in [1.54, 1.807) is 6.08 Å². The lowest BCUT2D eigenvalue weighted by Gasteiger charge is -2.06. The third-order valence-corrected chi connectivity index (χ3v) is 2.37. The summed E-state index contributed by atoms with van der Waals surface area (Å²) in [5, 5.41) is 11.8. The number of anilines is 2. The van der Waals surface area contributed by atoms with Crippen LogP contribution in [0, 0.1) is 0 Å². The third kappa shape index (κ3) is 3.49. The molecule has 0 spiro atoms. The molecule has 0 atom stereocenters. The van der Waals surface area contributed by atoms with Gasteiger partial charge in [0.05, 0.1) is 0 Å². The summed E-state index contributed by atoms with van der Waals surface area (Å²) in [7, 11) is 0. The fraction of sp³-hybridized carbons (Fsp3) is 0. The van der Waals surface area contributed by atoms with Gasteiger partial charge in [-0.3, -0.25) is 0 Å². The van der Waals surface area contributed by atoms with E-state index in [4.69, 9.17) is 5.11 Å². The number of hydrogen-bond donors (Lipinski definition) is 2. The van der Waals surface area contributed by atoms with Crippen LogP contribution in [-0.4, -0.2) is 11.1 Å². The molecule has 2 aromatic rings. The monoisotopic (exact) mass is 239 g/mol. The maximum absolute atomic E-state index is 10.4. The molecule has 0 unspecified atom stereocenters. The SMILES string of the molecule is O=C(O)C=Cc1cccc(Nc2ccccc2)c1. The topological polar surface area (TPSA) is 49.3 Å². The smallest absolute Gasteiger partial charge is 0.328 e. The van der Waals surface area contributed by atoms with Crippen molar-refractivity contribution in [1.29, 1.82) is 0 Å². The highest BCUT2D eigenvalue weighted by Crippen LogP contribution is 2.17. The highest BCUT2D eigenvalue weighted by Gasteiger charge is 1.95. The number of carboxylic acids is 1. The molecule has 18 heavy (non-hydrogen) atoms. The van der Waals surface area contributed by atoms with Gasteiger partial charge in [-0.15, -0.1) is 0 Å². The van der Waals surface area contributed by atoms with E-state index in [1.165, 1.54) is 0 Å². The van der Waals surface area contributed by atoms with Crippen molar-refractivity contribution in [2.24, 2.45) is 0 Å². The van der Waals surface area contributed by atoms with Gasteiger partial charge >= 0.3 is 5.97 Å². The van der Waals surface area contributed by atoms with Crippen LogP contribution < -0.4 is 5.32 Å². The van der Waals surface area contributed by atoms with E-state index in [-0.39, 0.29) is 0 Å². The minimum absolute atomic E-state index is 0.846. The van der Waals surface area contributed by atoms with Crippen molar-refractivity contribution in [2.75, 3.05) is 5.32 Å². The second-order valence-corrected chi connectivity index (χ2v) is 3.79. The van der Waals surface area contributed by atoms with E-state index >= 15 is 0 Å². The van der Waals surface area contributed by atoms with Gasteiger partial charge in [0.25, 0.3) is 0 Å². The number of rotatable bonds is 4. The zero-order valence-corrected chi connectivity index (χ0v) is 9.71. The molecule has 0 saturated carbocycles. The summed E-state index contributed by atoms with van der Waals surface area (Å²) in [6.07, 6.45) is 2.69. The van der Waals surface area contributed by atoms with E-state index in [0.29, 0.717) is 0 Å². The lowest BCUT2D eigenvalue weighted by atomic mass is 10.2. The number of aliphatic carboxylic acids is 1. The van der Waals surface area contributed by atoms with Crippen molar-refractivity contribution in [2.45, 2.75) is 0 Å². The maximum atomic E-state index is 10.4. The standard InChI is InChI=1S/C15H13NO2/c17-15(18)10-9-12-5-4-8-14(11-12)16-13-6-2-1-3-7-13/h1-11,16H,(H,17,18). The third-order valence-electron chi connectivity index (χ3n) is 2.37. The van der Waals surface area contributed by atoms with E-state index in [1.807, 2.05) is 54.6 Å². The predicted molar refractivity (Wildman–Crippen MR) is 72.8 cm³/mol. The van der Waals surface area contributed by atoms with Gasteiger partial charge in [-0.2, -0.15) is 0 Å². The van der Waals surface area contributed by atoms with Gasteiger partial charge in [-0.1, -0.05) is 30.3 Å². The van der Waals surface area contributed by atoms with E-state index in [2.05, 4.69) is 5.32 Å². The summed E-state index contributed by atoms with van der Waals surface area (Å²) in [6.45, 7) is 0. The van der Waals surface area contributed by atoms with Crippen molar-refractivity contribution >= 4 is 23.4 Å². The second kappa shape index (κ2) is 5.68.